The van der Waals surface area contributed by atoms with E-state index in [2.05, 4.69) is 25.0 Å². The van der Waals surface area contributed by atoms with Crippen LogP contribution in [0.2, 0.25) is 0 Å². The highest BCUT2D eigenvalue weighted by Gasteiger charge is 2.28. The van der Waals surface area contributed by atoms with Crippen LogP contribution in [0.5, 0.6) is 0 Å². The average molecular weight is 438 g/mol. The van der Waals surface area contributed by atoms with Crippen molar-refractivity contribution in [3.05, 3.63) is 41.7 Å². The third-order valence-corrected chi connectivity index (χ3v) is 5.65. The summed E-state index contributed by atoms with van der Waals surface area (Å²) in [5.41, 5.74) is 2.63. The number of rotatable bonds is 6. The Morgan fingerprint density at radius 3 is 2.53 bits per heavy atom. The first-order valence-corrected chi connectivity index (χ1v) is 10.6. The maximum atomic E-state index is 12.7. The van der Waals surface area contributed by atoms with E-state index >= 15 is 0 Å². The van der Waals surface area contributed by atoms with Crippen LogP contribution in [0.3, 0.4) is 0 Å². The van der Waals surface area contributed by atoms with Crippen molar-refractivity contribution in [3.8, 4) is 0 Å². The zero-order valence-corrected chi connectivity index (χ0v) is 18.4. The molecule has 1 fully saturated rings. The van der Waals surface area contributed by atoms with Crippen molar-refractivity contribution in [1.82, 2.24) is 34.4 Å². The monoisotopic (exact) mass is 438 g/mol. The van der Waals surface area contributed by atoms with Gasteiger partial charge in [-0.25, -0.2) is 19.5 Å². The first kappa shape index (κ1) is 21.6. The van der Waals surface area contributed by atoms with Crippen LogP contribution in [-0.4, -0.2) is 78.6 Å². The lowest BCUT2D eigenvalue weighted by Gasteiger charge is -2.35. The Morgan fingerprint density at radius 1 is 1.09 bits per heavy atom. The van der Waals surface area contributed by atoms with Gasteiger partial charge in [-0.3, -0.25) is 9.59 Å². The van der Waals surface area contributed by atoms with E-state index in [0.717, 1.165) is 17.0 Å². The summed E-state index contributed by atoms with van der Waals surface area (Å²) in [5, 5.41) is 4.16. The Balaban J connectivity index is 1.28. The maximum Gasteiger partial charge on any atom is 0.306 e. The maximum absolute atomic E-state index is 12.7. The van der Waals surface area contributed by atoms with E-state index in [1.165, 1.54) is 6.33 Å². The largest absolute Gasteiger partial charge is 0.453 e. The number of carbonyl (C=O) groups is 2. The Bertz CT molecular complexity index is 1110. The number of hydrogen-bond donors (Lipinski definition) is 0. The summed E-state index contributed by atoms with van der Waals surface area (Å²) >= 11 is 0. The summed E-state index contributed by atoms with van der Waals surface area (Å²) in [4.78, 5) is 45.9. The molecular formula is C21H26N8O3. The van der Waals surface area contributed by atoms with Crippen LogP contribution < -0.4 is 4.90 Å². The van der Waals surface area contributed by atoms with Gasteiger partial charge >= 0.3 is 5.97 Å². The van der Waals surface area contributed by atoms with Gasteiger partial charge in [-0.05, 0) is 38.8 Å². The molecule has 32 heavy (non-hydrogen) atoms. The molecule has 0 aromatic carbocycles. The van der Waals surface area contributed by atoms with Crippen LogP contribution in [0.15, 0.2) is 24.8 Å². The summed E-state index contributed by atoms with van der Waals surface area (Å²) < 4.78 is 7.08. The van der Waals surface area contributed by atoms with E-state index < -0.39 is 12.1 Å². The fourth-order valence-corrected chi connectivity index (χ4v) is 3.89. The topological polar surface area (TPSA) is 119 Å². The summed E-state index contributed by atoms with van der Waals surface area (Å²) in [7, 11) is 0. The molecule has 3 aromatic rings. The van der Waals surface area contributed by atoms with Gasteiger partial charge in [0.1, 0.15) is 6.33 Å². The number of aromatic nitrogens is 6. The number of hydrogen-bond acceptors (Lipinski definition) is 9. The second-order valence-corrected chi connectivity index (χ2v) is 7.73. The average Bonchev–Trinajstić information content (AvgIpc) is 3.27. The molecule has 4 heterocycles. The third kappa shape index (κ3) is 4.51. The van der Waals surface area contributed by atoms with E-state index in [4.69, 9.17) is 4.74 Å². The predicted molar refractivity (Wildman–Crippen MR) is 115 cm³/mol. The van der Waals surface area contributed by atoms with Crippen LogP contribution in [0.1, 0.15) is 30.3 Å². The normalized spacial score (nSPS) is 15.1. The number of fused-ring (bicyclic) bond motifs is 1. The number of carbonyl (C=O) groups excluding carboxylic acids is 2. The molecule has 0 aliphatic carbocycles. The van der Waals surface area contributed by atoms with Gasteiger partial charge in [0.25, 0.3) is 11.7 Å². The standard InChI is InChI=1S/C21H26N8O3/c1-14-17(15(2)29-21(26-14)24-13-25-29)5-6-18(30)32-16(3)19(31)27-9-11-28(12-10-27)20-22-7-4-8-23-20/h4,7-8,13,16H,5-6,9-12H2,1-3H3. The van der Waals surface area contributed by atoms with Crippen molar-refractivity contribution >= 4 is 23.6 Å². The molecule has 1 amide bonds. The zero-order valence-electron chi connectivity index (χ0n) is 18.4. The fraction of sp³-hybridized carbons (Fsp3) is 0.476. The Labute approximate surface area is 185 Å². The fourth-order valence-electron chi connectivity index (χ4n) is 3.89. The number of piperazine rings is 1. The summed E-state index contributed by atoms with van der Waals surface area (Å²) in [5.74, 6) is 0.581. The van der Waals surface area contributed by atoms with Gasteiger partial charge < -0.3 is 14.5 Å². The van der Waals surface area contributed by atoms with E-state index in [-0.39, 0.29) is 12.3 Å². The van der Waals surface area contributed by atoms with Crippen LogP contribution >= 0.6 is 0 Å². The molecule has 1 aliphatic heterocycles. The van der Waals surface area contributed by atoms with Crippen molar-refractivity contribution in [3.63, 3.8) is 0 Å². The number of esters is 1. The highest BCUT2D eigenvalue weighted by molar-refractivity contribution is 5.83. The zero-order chi connectivity index (χ0) is 22.7. The molecule has 11 heteroatoms. The molecular weight excluding hydrogens is 412 g/mol. The molecule has 1 aliphatic rings. The lowest BCUT2D eigenvalue weighted by molar-refractivity contribution is -0.159. The Kier molecular flexibility index (Phi) is 6.24. The molecule has 1 atom stereocenters. The predicted octanol–water partition coefficient (Wildman–Crippen LogP) is 0.744. The number of amides is 1. The van der Waals surface area contributed by atoms with Crippen molar-refractivity contribution < 1.29 is 14.3 Å². The van der Waals surface area contributed by atoms with E-state index in [0.29, 0.717) is 44.3 Å². The molecule has 0 saturated carbocycles. The van der Waals surface area contributed by atoms with Crippen LogP contribution in [-0.2, 0) is 20.7 Å². The lowest BCUT2D eigenvalue weighted by Crippen LogP contribution is -2.52. The molecule has 3 aromatic heterocycles. The first-order chi connectivity index (χ1) is 15.4. The third-order valence-electron chi connectivity index (χ3n) is 5.65. The molecule has 1 unspecified atom stereocenters. The molecule has 11 nitrogen and oxygen atoms in total. The minimum absolute atomic E-state index is 0.153. The van der Waals surface area contributed by atoms with Gasteiger partial charge in [0.05, 0.1) is 0 Å². The first-order valence-electron chi connectivity index (χ1n) is 10.6. The smallest absolute Gasteiger partial charge is 0.306 e. The van der Waals surface area contributed by atoms with Gasteiger partial charge in [-0.1, -0.05) is 0 Å². The van der Waals surface area contributed by atoms with Gasteiger partial charge in [-0.15, -0.1) is 0 Å². The molecule has 4 rings (SSSR count). The molecule has 168 valence electrons. The lowest BCUT2D eigenvalue weighted by atomic mass is 10.1. The van der Waals surface area contributed by atoms with Crippen molar-refractivity contribution in [1.29, 1.82) is 0 Å². The summed E-state index contributed by atoms with van der Waals surface area (Å²) in [6.07, 6.45) is 4.62. The number of anilines is 1. The highest BCUT2D eigenvalue weighted by Crippen LogP contribution is 2.16. The molecule has 0 radical (unpaired) electrons. The highest BCUT2D eigenvalue weighted by atomic mass is 16.5. The quantitative estimate of drug-likeness (QED) is 0.513. The minimum atomic E-state index is -0.833. The Hall–Kier alpha value is -3.63. The number of ether oxygens (including phenoxy) is 1. The van der Waals surface area contributed by atoms with E-state index in [1.807, 2.05) is 18.7 Å². The van der Waals surface area contributed by atoms with Gasteiger partial charge in [-0.2, -0.15) is 10.1 Å². The van der Waals surface area contributed by atoms with Crippen LogP contribution in [0.25, 0.3) is 5.78 Å². The summed E-state index contributed by atoms with van der Waals surface area (Å²) in [6, 6.07) is 1.77. The number of nitrogens with zero attached hydrogens (tertiary/aromatic N) is 8. The summed E-state index contributed by atoms with van der Waals surface area (Å²) in [6.45, 7) is 7.74. The van der Waals surface area contributed by atoms with Gasteiger partial charge in [0, 0.05) is 56.4 Å². The second kappa shape index (κ2) is 9.25. The Morgan fingerprint density at radius 2 is 1.81 bits per heavy atom. The molecule has 0 spiro atoms. The second-order valence-electron chi connectivity index (χ2n) is 7.73. The van der Waals surface area contributed by atoms with Gasteiger partial charge in [0.2, 0.25) is 5.95 Å². The van der Waals surface area contributed by atoms with Crippen LogP contribution in [0, 0.1) is 13.8 Å². The SMILES string of the molecule is Cc1nc2ncnn2c(C)c1CCC(=O)OC(C)C(=O)N1CCN(c2ncccn2)CC1. The van der Waals surface area contributed by atoms with Crippen molar-refractivity contribution in [2.75, 3.05) is 31.1 Å². The molecule has 0 bridgehead atoms. The van der Waals surface area contributed by atoms with Crippen molar-refractivity contribution in [2.45, 2.75) is 39.7 Å². The van der Waals surface area contributed by atoms with E-state index in [9.17, 15) is 9.59 Å². The van der Waals surface area contributed by atoms with Crippen LogP contribution in [0.4, 0.5) is 5.95 Å². The van der Waals surface area contributed by atoms with Crippen molar-refractivity contribution in [2.24, 2.45) is 0 Å². The minimum Gasteiger partial charge on any atom is -0.453 e. The molecule has 1 saturated heterocycles. The van der Waals surface area contributed by atoms with Gasteiger partial charge in [0.15, 0.2) is 6.10 Å². The number of aryl methyl sites for hydroxylation is 2. The molecule has 0 N–H and O–H groups in total. The van der Waals surface area contributed by atoms with E-state index in [1.54, 1.807) is 34.8 Å².